The summed E-state index contributed by atoms with van der Waals surface area (Å²) in [6, 6.07) is 4.93. The number of nitrogens with one attached hydrogen (secondary N) is 1. The van der Waals surface area contributed by atoms with Crippen molar-refractivity contribution in [2.75, 3.05) is 5.32 Å². The van der Waals surface area contributed by atoms with E-state index in [0.29, 0.717) is 11.3 Å². The molecule has 112 valence electrons. The van der Waals surface area contributed by atoms with Crippen LogP contribution in [0.2, 0.25) is 0 Å². The second kappa shape index (κ2) is 5.55. The van der Waals surface area contributed by atoms with Crippen LogP contribution in [0.5, 0.6) is 0 Å². The van der Waals surface area contributed by atoms with E-state index in [1.165, 1.54) is 24.3 Å². The molecular weight excluding hydrogens is 271 g/mol. The Labute approximate surface area is 123 Å². The zero-order valence-corrected chi connectivity index (χ0v) is 12.3. The van der Waals surface area contributed by atoms with Gasteiger partial charge in [-0.15, -0.1) is 0 Å². The number of primary amides is 1. The maximum atomic E-state index is 13.0. The number of hydrogen-bond donors (Lipinski definition) is 2. The van der Waals surface area contributed by atoms with Crippen LogP contribution in [-0.4, -0.2) is 15.7 Å². The molecule has 1 aromatic heterocycles. The number of rotatable bonds is 4. The lowest BCUT2D eigenvalue weighted by Gasteiger charge is -2.19. The van der Waals surface area contributed by atoms with E-state index in [1.807, 2.05) is 20.8 Å². The SMILES string of the molecule is CC(C)(C)n1cc(N[C@H](C(N)=O)c2ccc(F)cc2)cn1. The third-order valence-corrected chi connectivity index (χ3v) is 3.07. The van der Waals surface area contributed by atoms with Crippen molar-refractivity contribution in [3.05, 3.63) is 48.0 Å². The first kappa shape index (κ1) is 15.0. The fourth-order valence-electron chi connectivity index (χ4n) is 1.90. The molecule has 0 radical (unpaired) electrons. The van der Waals surface area contributed by atoms with Crippen LogP contribution >= 0.6 is 0 Å². The fourth-order valence-corrected chi connectivity index (χ4v) is 1.90. The Hall–Kier alpha value is -2.37. The van der Waals surface area contributed by atoms with Crippen LogP contribution in [0.25, 0.3) is 0 Å². The molecule has 0 bridgehead atoms. The molecule has 21 heavy (non-hydrogen) atoms. The lowest BCUT2D eigenvalue weighted by atomic mass is 10.1. The Bertz CT molecular complexity index is 628. The number of carbonyl (C=O) groups excluding carboxylic acids is 1. The number of halogens is 1. The normalized spacial score (nSPS) is 13.0. The Morgan fingerprint density at radius 2 is 1.95 bits per heavy atom. The zero-order chi connectivity index (χ0) is 15.6. The summed E-state index contributed by atoms with van der Waals surface area (Å²) in [6.07, 6.45) is 3.43. The molecule has 0 fully saturated rings. The van der Waals surface area contributed by atoms with Gasteiger partial charge in [-0.2, -0.15) is 5.10 Å². The molecule has 0 spiro atoms. The van der Waals surface area contributed by atoms with E-state index < -0.39 is 11.9 Å². The first-order chi connectivity index (χ1) is 9.77. The zero-order valence-electron chi connectivity index (χ0n) is 12.3. The predicted octanol–water partition coefficient (Wildman–Crippen LogP) is 2.42. The summed E-state index contributed by atoms with van der Waals surface area (Å²) in [5.41, 5.74) is 6.55. The first-order valence-corrected chi connectivity index (χ1v) is 6.64. The minimum absolute atomic E-state index is 0.155. The summed E-state index contributed by atoms with van der Waals surface area (Å²) in [5, 5.41) is 7.28. The molecule has 2 rings (SSSR count). The van der Waals surface area contributed by atoms with Crippen LogP contribution in [0.1, 0.15) is 32.4 Å². The Balaban J connectivity index is 2.23. The van der Waals surface area contributed by atoms with Gasteiger partial charge in [0, 0.05) is 6.20 Å². The van der Waals surface area contributed by atoms with Crippen LogP contribution in [0, 0.1) is 5.82 Å². The van der Waals surface area contributed by atoms with Crippen molar-refractivity contribution in [2.24, 2.45) is 5.73 Å². The highest BCUT2D eigenvalue weighted by atomic mass is 19.1. The molecule has 0 aliphatic heterocycles. The van der Waals surface area contributed by atoms with E-state index in [2.05, 4.69) is 10.4 Å². The lowest BCUT2D eigenvalue weighted by molar-refractivity contribution is -0.118. The van der Waals surface area contributed by atoms with Crippen molar-refractivity contribution in [1.82, 2.24) is 9.78 Å². The van der Waals surface area contributed by atoms with Crippen LogP contribution in [0.4, 0.5) is 10.1 Å². The lowest BCUT2D eigenvalue weighted by Crippen LogP contribution is -2.27. The van der Waals surface area contributed by atoms with Gasteiger partial charge >= 0.3 is 0 Å². The topological polar surface area (TPSA) is 72.9 Å². The maximum Gasteiger partial charge on any atom is 0.244 e. The predicted molar refractivity (Wildman–Crippen MR) is 79.2 cm³/mol. The van der Waals surface area contributed by atoms with Gasteiger partial charge in [0.25, 0.3) is 0 Å². The minimum atomic E-state index is -0.733. The van der Waals surface area contributed by atoms with Crippen molar-refractivity contribution in [3.8, 4) is 0 Å². The van der Waals surface area contributed by atoms with Gasteiger partial charge in [-0.05, 0) is 38.5 Å². The average molecular weight is 290 g/mol. The van der Waals surface area contributed by atoms with Gasteiger partial charge < -0.3 is 11.1 Å². The molecule has 1 heterocycles. The number of amides is 1. The second-order valence-electron chi connectivity index (χ2n) is 5.88. The molecule has 0 saturated heterocycles. The second-order valence-corrected chi connectivity index (χ2v) is 5.88. The van der Waals surface area contributed by atoms with E-state index in [-0.39, 0.29) is 11.4 Å². The molecule has 5 nitrogen and oxygen atoms in total. The number of aromatic nitrogens is 2. The van der Waals surface area contributed by atoms with Crippen LogP contribution in [0.3, 0.4) is 0 Å². The van der Waals surface area contributed by atoms with Crippen LogP contribution in [-0.2, 0) is 10.3 Å². The van der Waals surface area contributed by atoms with Gasteiger partial charge in [-0.1, -0.05) is 12.1 Å². The quantitative estimate of drug-likeness (QED) is 0.908. The molecule has 0 unspecified atom stereocenters. The number of hydrogen-bond acceptors (Lipinski definition) is 3. The Kier molecular flexibility index (Phi) is 3.97. The van der Waals surface area contributed by atoms with Crippen molar-refractivity contribution >= 4 is 11.6 Å². The minimum Gasteiger partial charge on any atom is -0.368 e. The van der Waals surface area contributed by atoms with Gasteiger partial charge in [0.15, 0.2) is 0 Å². The molecule has 0 aliphatic carbocycles. The van der Waals surface area contributed by atoms with E-state index in [4.69, 9.17) is 5.73 Å². The molecule has 3 N–H and O–H groups in total. The summed E-state index contributed by atoms with van der Waals surface area (Å²) in [7, 11) is 0. The summed E-state index contributed by atoms with van der Waals surface area (Å²) in [4.78, 5) is 11.6. The highest BCUT2D eigenvalue weighted by Gasteiger charge is 2.20. The molecule has 0 aliphatic rings. The number of nitrogens with two attached hydrogens (primary N) is 1. The third kappa shape index (κ3) is 3.59. The van der Waals surface area contributed by atoms with Gasteiger partial charge in [-0.25, -0.2) is 4.39 Å². The first-order valence-electron chi connectivity index (χ1n) is 6.64. The van der Waals surface area contributed by atoms with Crippen molar-refractivity contribution < 1.29 is 9.18 Å². The maximum absolute atomic E-state index is 13.0. The molecular formula is C15H19FN4O. The van der Waals surface area contributed by atoms with E-state index in [9.17, 15) is 9.18 Å². The van der Waals surface area contributed by atoms with E-state index in [0.717, 1.165) is 0 Å². The van der Waals surface area contributed by atoms with Gasteiger partial charge in [-0.3, -0.25) is 9.48 Å². The van der Waals surface area contributed by atoms with Crippen molar-refractivity contribution in [3.63, 3.8) is 0 Å². The molecule has 1 atom stereocenters. The Morgan fingerprint density at radius 3 is 2.43 bits per heavy atom. The van der Waals surface area contributed by atoms with Gasteiger partial charge in [0.05, 0.1) is 17.4 Å². The summed E-state index contributed by atoms with van der Waals surface area (Å²) in [5.74, 6) is -0.896. The summed E-state index contributed by atoms with van der Waals surface area (Å²) >= 11 is 0. The number of carbonyl (C=O) groups is 1. The molecule has 0 saturated carbocycles. The van der Waals surface area contributed by atoms with Crippen molar-refractivity contribution in [1.29, 1.82) is 0 Å². The molecule has 2 aromatic rings. The number of benzene rings is 1. The van der Waals surface area contributed by atoms with Crippen LogP contribution in [0.15, 0.2) is 36.7 Å². The highest BCUT2D eigenvalue weighted by Crippen LogP contribution is 2.21. The van der Waals surface area contributed by atoms with Gasteiger partial charge in [0.2, 0.25) is 5.91 Å². The third-order valence-electron chi connectivity index (χ3n) is 3.07. The van der Waals surface area contributed by atoms with Crippen LogP contribution < -0.4 is 11.1 Å². The van der Waals surface area contributed by atoms with Gasteiger partial charge in [0.1, 0.15) is 11.9 Å². The fraction of sp³-hybridized carbons (Fsp3) is 0.333. The van der Waals surface area contributed by atoms with Crippen molar-refractivity contribution in [2.45, 2.75) is 32.4 Å². The largest absolute Gasteiger partial charge is 0.368 e. The average Bonchev–Trinajstić information content (AvgIpc) is 2.85. The summed E-state index contributed by atoms with van der Waals surface area (Å²) in [6.45, 7) is 6.07. The van der Waals surface area contributed by atoms with E-state index >= 15 is 0 Å². The number of nitrogens with zero attached hydrogens (tertiary/aromatic N) is 2. The summed E-state index contributed by atoms with van der Waals surface area (Å²) < 4.78 is 14.8. The highest BCUT2D eigenvalue weighted by molar-refractivity contribution is 5.84. The van der Waals surface area contributed by atoms with E-state index in [1.54, 1.807) is 17.1 Å². The number of anilines is 1. The monoisotopic (exact) mass is 290 g/mol. The standard InChI is InChI=1S/C15H19FN4O/c1-15(2,3)20-9-12(8-18-20)19-13(14(17)21)10-4-6-11(16)7-5-10/h4-9,13,19H,1-3H3,(H2,17,21)/t13-/m0/s1. The molecule has 6 heteroatoms. The molecule has 1 aromatic carbocycles. The molecule has 1 amide bonds. The Morgan fingerprint density at radius 1 is 1.33 bits per heavy atom. The smallest absolute Gasteiger partial charge is 0.244 e.